The average molecular weight is 213 g/mol. The molecule has 0 saturated carbocycles. The maximum atomic E-state index is 12.3. The molecule has 0 spiro atoms. The van der Waals surface area contributed by atoms with Crippen LogP contribution in [0, 0.1) is 0 Å². The molecule has 1 atom stereocenters. The summed E-state index contributed by atoms with van der Waals surface area (Å²) in [5.41, 5.74) is 0. The van der Waals surface area contributed by atoms with E-state index in [0.717, 1.165) is 0 Å². The summed E-state index contributed by atoms with van der Waals surface area (Å²) < 4.78 is 41.8. The Morgan fingerprint density at radius 2 is 2.14 bits per heavy atom. The number of hydrogen-bond donors (Lipinski definition) is 1. The van der Waals surface area contributed by atoms with Gasteiger partial charge in [0.05, 0.1) is 19.3 Å². The standard InChI is InChI=1S/C8H14F3NO2/c9-8(10,11)12-3-1-2-7(6-12)14-5-4-13/h7,13H,1-6H2. The lowest BCUT2D eigenvalue weighted by Gasteiger charge is -2.33. The lowest BCUT2D eigenvalue weighted by molar-refractivity contribution is -0.258. The van der Waals surface area contributed by atoms with Gasteiger partial charge in [-0.25, -0.2) is 4.90 Å². The number of aliphatic hydroxyl groups excluding tert-OH is 1. The molecule has 0 aromatic carbocycles. The third-order valence-electron chi connectivity index (χ3n) is 2.18. The monoisotopic (exact) mass is 213 g/mol. The van der Waals surface area contributed by atoms with Crippen molar-refractivity contribution in [3.63, 3.8) is 0 Å². The van der Waals surface area contributed by atoms with Gasteiger partial charge in [0.15, 0.2) is 0 Å². The largest absolute Gasteiger partial charge is 0.460 e. The van der Waals surface area contributed by atoms with E-state index in [1.165, 1.54) is 0 Å². The van der Waals surface area contributed by atoms with Crippen LogP contribution in [0.15, 0.2) is 0 Å². The molecule has 1 N–H and O–H groups in total. The average Bonchev–Trinajstić information content (AvgIpc) is 2.14. The zero-order chi connectivity index (χ0) is 10.6. The first-order valence-corrected chi connectivity index (χ1v) is 4.58. The van der Waals surface area contributed by atoms with Crippen LogP contribution in [0.2, 0.25) is 0 Å². The number of likely N-dealkylation sites (tertiary alicyclic amines) is 1. The van der Waals surface area contributed by atoms with Crippen LogP contribution in [0.3, 0.4) is 0 Å². The molecule has 6 heteroatoms. The Bertz CT molecular complexity index is 174. The zero-order valence-corrected chi connectivity index (χ0v) is 7.76. The Balaban J connectivity index is 2.36. The van der Waals surface area contributed by atoms with Gasteiger partial charge < -0.3 is 9.84 Å². The Kier molecular flexibility index (Phi) is 4.15. The molecule has 1 aliphatic rings. The SMILES string of the molecule is OCCOC1CCCN(C(F)(F)F)C1. The molecule has 3 nitrogen and oxygen atoms in total. The van der Waals surface area contributed by atoms with Gasteiger partial charge in [-0.3, -0.25) is 0 Å². The van der Waals surface area contributed by atoms with Crippen molar-refractivity contribution in [1.82, 2.24) is 4.90 Å². The summed E-state index contributed by atoms with van der Waals surface area (Å²) in [6.07, 6.45) is -3.55. The van der Waals surface area contributed by atoms with E-state index in [9.17, 15) is 13.2 Å². The van der Waals surface area contributed by atoms with Gasteiger partial charge in [0.2, 0.25) is 0 Å². The molecule has 0 radical (unpaired) electrons. The van der Waals surface area contributed by atoms with Gasteiger partial charge in [0.1, 0.15) is 0 Å². The molecular formula is C8H14F3NO2. The van der Waals surface area contributed by atoms with E-state index < -0.39 is 12.4 Å². The first-order valence-electron chi connectivity index (χ1n) is 4.58. The highest BCUT2D eigenvalue weighted by Gasteiger charge is 2.39. The quantitative estimate of drug-likeness (QED) is 0.709. The van der Waals surface area contributed by atoms with Crippen molar-refractivity contribution in [2.45, 2.75) is 25.2 Å². The predicted octanol–water partition coefficient (Wildman–Crippen LogP) is 0.980. The lowest BCUT2D eigenvalue weighted by atomic mass is 10.1. The maximum absolute atomic E-state index is 12.3. The Morgan fingerprint density at radius 3 is 2.71 bits per heavy atom. The van der Waals surface area contributed by atoms with Gasteiger partial charge in [-0.1, -0.05) is 0 Å². The van der Waals surface area contributed by atoms with Crippen LogP contribution < -0.4 is 0 Å². The second-order valence-corrected chi connectivity index (χ2v) is 3.27. The first-order chi connectivity index (χ1) is 6.54. The van der Waals surface area contributed by atoms with Crippen molar-refractivity contribution in [2.75, 3.05) is 26.3 Å². The second-order valence-electron chi connectivity index (χ2n) is 3.27. The second kappa shape index (κ2) is 4.95. The summed E-state index contributed by atoms with van der Waals surface area (Å²) >= 11 is 0. The number of piperidine rings is 1. The number of rotatable bonds is 3. The molecule has 1 rings (SSSR count). The minimum atomic E-state index is -4.26. The van der Waals surface area contributed by atoms with Gasteiger partial charge in [0, 0.05) is 13.1 Å². The minimum Gasteiger partial charge on any atom is -0.394 e. The van der Waals surface area contributed by atoms with Crippen LogP contribution in [-0.2, 0) is 4.74 Å². The van der Waals surface area contributed by atoms with Crippen molar-refractivity contribution >= 4 is 0 Å². The molecule has 1 aliphatic heterocycles. The molecule has 1 saturated heterocycles. The van der Waals surface area contributed by atoms with Gasteiger partial charge in [-0.05, 0) is 12.8 Å². The number of aliphatic hydroxyl groups is 1. The van der Waals surface area contributed by atoms with Gasteiger partial charge in [-0.15, -0.1) is 0 Å². The van der Waals surface area contributed by atoms with E-state index in [0.29, 0.717) is 17.7 Å². The van der Waals surface area contributed by atoms with Crippen molar-refractivity contribution in [1.29, 1.82) is 0 Å². The fourth-order valence-electron chi connectivity index (χ4n) is 1.52. The molecule has 84 valence electrons. The van der Waals surface area contributed by atoms with E-state index in [-0.39, 0.29) is 26.3 Å². The molecular weight excluding hydrogens is 199 g/mol. The Morgan fingerprint density at radius 1 is 1.43 bits per heavy atom. The normalized spacial score (nSPS) is 25.3. The fourth-order valence-corrected chi connectivity index (χ4v) is 1.52. The Labute approximate surface area is 80.5 Å². The van der Waals surface area contributed by atoms with Crippen molar-refractivity contribution in [3.05, 3.63) is 0 Å². The summed E-state index contributed by atoms with van der Waals surface area (Å²) in [4.78, 5) is 0.457. The van der Waals surface area contributed by atoms with Crippen molar-refractivity contribution in [2.24, 2.45) is 0 Å². The fraction of sp³-hybridized carbons (Fsp3) is 1.00. The van der Waals surface area contributed by atoms with E-state index in [1.807, 2.05) is 0 Å². The van der Waals surface area contributed by atoms with Crippen molar-refractivity contribution < 1.29 is 23.0 Å². The third-order valence-corrected chi connectivity index (χ3v) is 2.18. The van der Waals surface area contributed by atoms with Crippen LogP contribution in [0.4, 0.5) is 13.2 Å². The molecule has 0 bridgehead atoms. The van der Waals surface area contributed by atoms with Crippen LogP contribution in [-0.4, -0.2) is 48.7 Å². The maximum Gasteiger partial charge on any atom is 0.460 e. The lowest BCUT2D eigenvalue weighted by Crippen LogP contribution is -2.47. The molecule has 1 fully saturated rings. The molecule has 0 amide bonds. The van der Waals surface area contributed by atoms with Crippen LogP contribution in [0.5, 0.6) is 0 Å². The molecule has 0 aromatic heterocycles. The van der Waals surface area contributed by atoms with Gasteiger partial charge >= 0.3 is 6.30 Å². The van der Waals surface area contributed by atoms with Gasteiger partial charge in [-0.2, -0.15) is 13.2 Å². The molecule has 14 heavy (non-hydrogen) atoms. The van der Waals surface area contributed by atoms with Crippen LogP contribution in [0.1, 0.15) is 12.8 Å². The van der Waals surface area contributed by atoms with Crippen molar-refractivity contribution in [3.8, 4) is 0 Å². The number of hydrogen-bond acceptors (Lipinski definition) is 3. The highest BCUT2D eigenvalue weighted by Crippen LogP contribution is 2.26. The number of alkyl halides is 3. The first kappa shape index (κ1) is 11.7. The highest BCUT2D eigenvalue weighted by molar-refractivity contribution is 4.74. The summed E-state index contributed by atoms with van der Waals surface area (Å²) in [5, 5.41) is 8.46. The third kappa shape index (κ3) is 3.43. The van der Waals surface area contributed by atoms with E-state index in [4.69, 9.17) is 9.84 Å². The highest BCUT2D eigenvalue weighted by atomic mass is 19.4. The van der Waals surface area contributed by atoms with E-state index >= 15 is 0 Å². The topological polar surface area (TPSA) is 32.7 Å². The minimum absolute atomic E-state index is 0.0441. The summed E-state index contributed by atoms with van der Waals surface area (Å²) in [7, 11) is 0. The number of ether oxygens (including phenoxy) is 1. The van der Waals surface area contributed by atoms with E-state index in [2.05, 4.69) is 0 Å². The zero-order valence-electron chi connectivity index (χ0n) is 7.76. The molecule has 1 unspecified atom stereocenters. The number of nitrogens with zero attached hydrogens (tertiary/aromatic N) is 1. The summed E-state index contributed by atoms with van der Waals surface area (Å²) in [6, 6.07) is 0. The molecule has 1 heterocycles. The summed E-state index contributed by atoms with van der Waals surface area (Å²) in [5.74, 6) is 0. The predicted molar refractivity (Wildman–Crippen MR) is 43.7 cm³/mol. The van der Waals surface area contributed by atoms with E-state index in [1.54, 1.807) is 0 Å². The smallest absolute Gasteiger partial charge is 0.394 e. The summed E-state index contributed by atoms with van der Waals surface area (Å²) in [6.45, 7) is -0.120. The van der Waals surface area contributed by atoms with Crippen LogP contribution >= 0.6 is 0 Å². The number of halogens is 3. The molecule has 0 aliphatic carbocycles. The Hall–Kier alpha value is -0.330. The van der Waals surface area contributed by atoms with Gasteiger partial charge in [0.25, 0.3) is 0 Å². The molecule has 0 aromatic rings. The van der Waals surface area contributed by atoms with Crippen LogP contribution in [0.25, 0.3) is 0 Å².